The van der Waals surface area contributed by atoms with Crippen LogP contribution in [0.15, 0.2) is 30.3 Å². The van der Waals surface area contributed by atoms with Crippen LogP contribution in [0.1, 0.15) is 6.42 Å². The van der Waals surface area contributed by atoms with Gasteiger partial charge in [-0.2, -0.15) is 0 Å². The topological polar surface area (TPSA) is 48.0 Å². The Hall–Kier alpha value is -1.59. The van der Waals surface area contributed by atoms with Crippen molar-refractivity contribution in [2.75, 3.05) is 40.0 Å². The van der Waals surface area contributed by atoms with Crippen LogP contribution < -0.4 is 4.74 Å². The highest BCUT2D eigenvalue weighted by Crippen LogP contribution is 2.11. The molecular weight excluding hydrogens is 258 g/mol. The summed E-state index contributed by atoms with van der Waals surface area (Å²) in [5.41, 5.74) is 0. The third-order valence-corrected chi connectivity index (χ3v) is 3.26. The molecule has 0 N–H and O–H groups in total. The first kappa shape index (κ1) is 14.8. The number of esters is 1. The van der Waals surface area contributed by atoms with E-state index in [1.165, 1.54) is 7.11 Å². The Morgan fingerprint density at radius 2 is 2.20 bits per heavy atom. The van der Waals surface area contributed by atoms with Crippen LogP contribution in [-0.2, 0) is 14.3 Å². The van der Waals surface area contributed by atoms with Crippen LogP contribution >= 0.6 is 0 Å². The molecule has 5 heteroatoms. The van der Waals surface area contributed by atoms with E-state index in [0.29, 0.717) is 19.6 Å². The standard InChI is InChI=1S/C15H21NO4/c1-18-15(17)11-14-12-16(8-10-20-14)7-9-19-13-5-3-2-4-6-13/h2-6,14H,7-12H2,1H3. The van der Waals surface area contributed by atoms with Gasteiger partial charge in [-0.15, -0.1) is 0 Å². The lowest BCUT2D eigenvalue weighted by molar-refractivity contribution is -0.145. The summed E-state index contributed by atoms with van der Waals surface area (Å²) >= 11 is 0. The molecule has 0 bridgehead atoms. The first-order valence-electron chi connectivity index (χ1n) is 6.86. The Kier molecular flexibility index (Phi) is 5.83. The van der Waals surface area contributed by atoms with E-state index in [-0.39, 0.29) is 12.1 Å². The summed E-state index contributed by atoms with van der Waals surface area (Å²) < 4.78 is 15.9. The van der Waals surface area contributed by atoms with Gasteiger partial charge < -0.3 is 14.2 Å². The zero-order chi connectivity index (χ0) is 14.2. The van der Waals surface area contributed by atoms with Crippen molar-refractivity contribution in [2.24, 2.45) is 0 Å². The SMILES string of the molecule is COC(=O)CC1CN(CCOc2ccccc2)CCO1. The largest absolute Gasteiger partial charge is 0.492 e. The molecule has 0 aliphatic carbocycles. The van der Waals surface area contributed by atoms with Crippen molar-refractivity contribution in [1.29, 1.82) is 0 Å². The maximum atomic E-state index is 11.2. The van der Waals surface area contributed by atoms with E-state index in [1.54, 1.807) is 0 Å². The monoisotopic (exact) mass is 279 g/mol. The predicted octanol–water partition coefficient (Wildman–Crippen LogP) is 1.33. The van der Waals surface area contributed by atoms with Gasteiger partial charge in [0.05, 0.1) is 26.2 Å². The number of carbonyl (C=O) groups is 1. The Balaban J connectivity index is 1.69. The lowest BCUT2D eigenvalue weighted by Crippen LogP contribution is -2.44. The maximum Gasteiger partial charge on any atom is 0.308 e. The van der Waals surface area contributed by atoms with Crippen LogP contribution in [0.4, 0.5) is 0 Å². The Morgan fingerprint density at radius 1 is 1.40 bits per heavy atom. The van der Waals surface area contributed by atoms with Gasteiger partial charge in [-0.3, -0.25) is 9.69 Å². The molecule has 2 rings (SSSR count). The summed E-state index contributed by atoms with van der Waals surface area (Å²) in [7, 11) is 1.40. The van der Waals surface area contributed by atoms with Gasteiger partial charge in [-0.1, -0.05) is 18.2 Å². The number of benzene rings is 1. The number of hydrogen-bond acceptors (Lipinski definition) is 5. The highest BCUT2D eigenvalue weighted by atomic mass is 16.5. The van der Waals surface area contributed by atoms with E-state index in [0.717, 1.165) is 25.4 Å². The Bertz CT molecular complexity index is 410. The smallest absolute Gasteiger partial charge is 0.308 e. The summed E-state index contributed by atoms with van der Waals surface area (Å²) in [6.07, 6.45) is 0.236. The van der Waals surface area contributed by atoms with Crippen molar-refractivity contribution in [2.45, 2.75) is 12.5 Å². The molecule has 1 unspecified atom stereocenters. The second-order valence-corrected chi connectivity index (χ2v) is 4.74. The van der Waals surface area contributed by atoms with Crippen LogP contribution in [0.5, 0.6) is 5.75 Å². The molecule has 1 heterocycles. The molecule has 5 nitrogen and oxygen atoms in total. The first-order valence-corrected chi connectivity index (χ1v) is 6.86. The van der Waals surface area contributed by atoms with Gasteiger partial charge in [0.15, 0.2) is 0 Å². The molecule has 0 amide bonds. The number of rotatable bonds is 6. The van der Waals surface area contributed by atoms with Crippen LogP contribution in [0.25, 0.3) is 0 Å². The number of hydrogen-bond donors (Lipinski definition) is 0. The average molecular weight is 279 g/mol. The molecule has 1 fully saturated rings. The molecule has 0 saturated carbocycles. The van der Waals surface area contributed by atoms with E-state index >= 15 is 0 Å². The molecule has 1 saturated heterocycles. The molecule has 1 aromatic carbocycles. The van der Waals surface area contributed by atoms with Gasteiger partial charge in [0.25, 0.3) is 0 Å². The highest BCUT2D eigenvalue weighted by Gasteiger charge is 2.22. The lowest BCUT2D eigenvalue weighted by atomic mass is 10.2. The third kappa shape index (κ3) is 4.83. The summed E-state index contributed by atoms with van der Waals surface area (Å²) in [5, 5.41) is 0. The first-order chi connectivity index (χ1) is 9.78. The average Bonchev–Trinajstić information content (AvgIpc) is 2.48. The van der Waals surface area contributed by atoms with Crippen LogP contribution in [-0.4, -0.2) is 56.9 Å². The summed E-state index contributed by atoms with van der Waals surface area (Å²) in [5.74, 6) is 0.657. The van der Waals surface area contributed by atoms with E-state index in [1.807, 2.05) is 30.3 Å². The number of carbonyl (C=O) groups excluding carboxylic acids is 1. The molecule has 0 radical (unpaired) electrons. The lowest BCUT2D eigenvalue weighted by Gasteiger charge is -2.32. The van der Waals surface area contributed by atoms with Crippen LogP contribution in [0.3, 0.4) is 0 Å². The minimum absolute atomic E-state index is 0.0760. The zero-order valence-corrected chi connectivity index (χ0v) is 11.8. The van der Waals surface area contributed by atoms with Crippen molar-refractivity contribution in [3.8, 4) is 5.75 Å². The van der Waals surface area contributed by atoms with Crippen molar-refractivity contribution in [3.05, 3.63) is 30.3 Å². The molecule has 1 aliphatic rings. The van der Waals surface area contributed by atoms with Crippen molar-refractivity contribution in [1.82, 2.24) is 4.90 Å². The zero-order valence-electron chi connectivity index (χ0n) is 11.8. The minimum Gasteiger partial charge on any atom is -0.492 e. The normalized spacial score (nSPS) is 19.6. The van der Waals surface area contributed by atoms with Crippen LogP contribution in [0, 0.1) is 0 Å². The van der Waals surface area contributed by atoms with Gasteiger partial charge >= 0.3 is 5.97 Å². The second kappa shape index (κ2) is 7.87. The molecule has 0 spiro atoms. The number of nitrogens with zero attached hydrogens (tertiary/aromatic N) is 1. The van der Waals surface area contributed by atoms with E-state index in [4.69, 9.17) is 9.47 Å². The second-order valence-electron chi connectivity index (χ2n) is 4.74. The van der Waals surface area contributed by atoms with E-state index in [2.05, 4.69) is 9.64 Å². The van der Waals surface area contributed by atoms with Crippen LogP contribution in [0.2, 0.25) is 0 Å². The predicted molar refractivity (Wildman–Crippen MR) is 74.8 cm³/mol. The van der Waals surface area contributed by atoms with Gasteiger partial charge in [-0.05, 0) is 12.1 Å². The minimum atomic E-state index is -0.225. The third-order valence-electron chi connectivity index (χ3n) is 3.26. The molecule has 20 heavy (non-hydrogen) atoms. The Morgan fingerprint density at radius 3 is 2.95 bits per heavy atom. The van der Waals surface area contributed by atoms with Crippen molar-refractivity contribution < 1.29 is 19.0 Å². The van der Waals surface area contributed by atoms with Gasteiger partial charge in [0, 0.05) is 19.6 Å². The fourth-order valence-electron chi connectivity index (χ4n) is 2.19. The van der Waals surface area contributed by atoms with Gasteiger partial charge in [0.2, 0.25) is 0 Å². The number of ether oxygens (including phenoxy) is 3. The molecule has 0 aromatic heterocycles. The maximum absolute atomic E-state index is 11.2. The fourth-order valence-corrected chi connectivity index (χ4v) is 2.19. The molecule has 1 aromatic rings. The van der Waals surface area contributed by atoms with E-state index < -0.39 is 0 Å². The Labute approximate surface area is 119 Å². The summed E-state index contributed by atoms with van der Waals surface area (Å²) in [6.45, 7) is 3.72. The number of para-hydroxylation sites is 1. The fraction of sp³-hybridized carbons (Fsp3) is 0.533. The van der Waals surface area contributed by atoms with Gasteiger partial charge in [-0.25, -0.2) is 0 Å². The molecule has 1 aliphatic heterocycles. The van der Waals surface area contributed by atoms with Gasteiger partial charge in [0.1, 0.15) is 12.4 Å². The van der Waals surface area contributed by atoms with Crippen molar-refractivity contribution in [3.63, 3.8) is 0 Å². The summed E-state index contributed by atoms with van der Waals surface area (Å²) in [4.78, 5) is 13.5. The van der Waals surface area contributed by atoms with Crippen molar-refractivity contribution >= 4 is 5.97 Å². The molecule has 1 atom stereocenters. The van der Waals surface area contributed by atoms with E-state index in [9.17, 15) is 4.79 Å². The molecular formula is C15H21NO4. The number of morpholine rings is 1. The summed E-state index contributed by atoms with van der Waals surface area (Å²) in [6, 6.07) is 9.76. The highest BCUT2D eigenvalue weighted by molar-refractivity contribution is 5.69. The molecule has 110 valence electrons. The number of methoxy groups -OCH3 is 1. The quantitative estimate of drug-likeness (QED) is 0.735.